The molecule has 0 bridgehead atoms. The number of nitrogens with zero attached hydrogens (tertiary/aromatic N) is 4. The molecule has 1 fully saturated rings. The topological polar surface area (TPSA) is 143 Å². The van der Waals surface area contributed by atoms with Crippen LogP contribution in [0.15, 0.2) is 46.4 Å². The van der Waals surface area contributed by atoms with Crippen LogP contribution in [0.2, 0.25) is 0 Å². The van der Waals surface area contributed by atoms with Crippen LogP contribution in [-0.2, 0) is 24.2 Å². The number of anilines is 2. The maximum Gasteiger partial charge on any atom is 0.280 e. The van der Waals surface area contributed by atoms with E-state index in [1.165, 1.54) is 30.6 Å². The second-order valence-corrected chi connectivity index (χ2v) is 11.9. The van der Waals surface area contributed by atoms with Gasteiger partial charge >= 0.3 is 0 Å². The first-order valence-electron chi connectivity index (χ1n) is 11.7. The number of likely N-dealkylation sites (N-methyl/N-ethyl adjacent to an activating group) is 1. The number of hydrogen-bond acceptors (Lipinski definition) is 11. The number of aliphatic hydroxyl groups excluding tert-OH is 1. The number of fused-ring (bicyclic) bond motifs is 1. The first-order valence-corrected chi connectivity index (χ1v) is 14.1. The Bertz CT molecular complexity index is 1390. The van der Waals surface area contributed by atoms with E-state index in [0.717, 1.165) is 0 Å². The molecule has 0 radical (unpaired) electrons. The summed E-state index contributed by atoms with van der Waals surface area (Å²) in [5.74, 6) is 0.103. The zero-order valence-electron chi connectivity index (χ0n) is 20.7. The second kappa shape index (κ2) is 11.5. The van der Waals surface area contributed by atoms with Crippen LogP contribution in [-0.4, -0.2) is 80.4 Å². The summed E-state index contributed by atoms with van der Waals surface area (Å²) in [7, 11) is -0.00512. The fraction of sp³-hybridized carbons (Fsp3) is 0.417. The van der Waals surface area contributed by atoms with E-state index in [0.29, 0.717) is 46.2 Å². The number of thiazole rings is 1. The molecule has 13 heteroatoms. The van der Waals surface area contributed by atoms with Crippen molar-refractivity contribution in [3.8, 4) is 0 Å². The summed E-state index contributed by atoms with van der Waals surface area (Å²) in [5.41, 5.74) is 0.970. The Labute approximate surface area is 219 Å². The van der Waals surface area contributed by atoms with Crippen LogP contribution in [0.25, 0.3) is 10.3 Å². The number of hydrogen-bond donors (Lipinski definition) is 2. The number of methoxy groups -OCH3 is 1. The van der Waals surface area contributed by atoms with E-state index in [9.17, 15) is 13.2 Å². The van der Waals surface area contributed by atoms with Crippen molar-refractivity contribution in [3.63, 3.8) is 0 Å². The van der Waals surface area contributed by atoms with Crippen molar-refractivity contribution in [2.75, 3.05) is 44.1 Å². The van der Waals surface area contributed by atoms with Crippen molar-refractivity contribution in [1.82, 2.24) is 9.97 Å². The van der Waals surface area contributed by atoms with Gasteiger partial charge in [-0.25, -0.2) is 18.4 Å². The lowest BCUT2D eigenvalue weighted by atomic mass is 10.1. The van der Waals surface area contributed by atoms with Crippen molar-refractivity contribution in [2.45, 2.75) is 36.0 Å². The molecule has 1 aromatic carbocycles. The van der Waals surface area contributed by atoms with Crippen LogP contribution in [0, 0.1) is 0 Å². The summed E-state index contributed by atoms with van der Waals surface area (Å²) >= 11 is 1.20. The molecule has 1 amide bonds. The van der Waals surface area contributed by atoms with Crippen LogP contribution in [0.4, 0.5) is 10.9 Å². The molecule has 2 heterocycles. The lowest BCUT2D eigenvalue weighted by Crippen LogP contribution is -2.25. The summed E-state index contributed by atoms with van der Waals surface area (Å²) < 4.78 is 30.2. The molecule has 0 unspecified atom stereocenters. The molecule has 2 N–H and O–H groups in total. The predicted molar refractivity (Wildman–Crippen MR) is 142 cm³/mol. The van der Waals surface area contributed by atoms with Crippen LogP contribution in [0.5, 0.6) is 0 Å². The molecular weight excluding hydrogens is 518 g/mol. The molecule has 1 saturated carbocycles. The minimum atomic E-state index is -3.36. The number of oxime groups is 1. The molecule has 4 rings (SSSR count). The van der Waals surface area contributed by atoms with Crippen molar-refractivity contribution in [1.29, 1.82) is 0 Å². The maximum absolute atomic E-state index is 13.3. The van der Waals surface area contributed by atoms with Gasteiger partial charge in [-0.15, -0.1) is 0 Å². The zero-order chi connectivity index (χ0) is 26.6. The number of aromatic nitrogens is 2. The molecule has 1 aliphatic rings. The number of ether oxygens (including phenoxy) is 1. The molecule has 2 aromatic heterocycles. The second-order valence-electron chi connectivity index (χ2n) is 8.69. The number of carbonyl (C=O) groups excluding carboxylic acids is 1. The van der Waals surface area contributed by atoms with Crippen LogP contribution in [0.1, 0.15) is 25.3 Å². The number of rotatable bonds is 12. The average Bonchev–Trinajstić information content (AvgIpc) is 3.66. The van der Waals surface area contributed by atoms with E-state index in [-0.39, 0.29) is 29.1 Å². The maximum atomic E-state index is 13.3. The van der Waals surface area contributed by atoms with Gasteiger partial charge in [0, 0.05) is 26.3 Å². The number of carbonyl (C=O) groups is 1. The highest BCUT2D eigenvalue weighted by molar-refractivity contribution is 7.92. The minimum absolute atomic E-state index is 0.000879. The number of aliphatic hydroxyl groups is 1. The largest absolute Gasteiger partial charge is 0.395 e. The molecular formula is C24H29N5O6S2. The number of nitrogens with one attached hydrogen (secondary N) is 1. The van der Waals surface area contributed by atoms with E-state index in [2.05, 4.69) is 20.4 Å². The fourth-order valence-corrected chi connectivity index (χ4v) is 5.99. The quantitative estimate of drug-likeness (QED) is 0.258. The molecule has 0 spiro atoms. The summed E-state index contributed by atoms with van der Waals surface area (Å²) in [4.78, 5) is 30.3. The lowest BCUT2D eigenvalue weighted by molar-refractivity contribution is -0.110. The molecule has 1 atom stereocenters. The first kappa shape index (κ1) is 26.9. The van der Waals surface area contributed by atoms with Gasteiger partial charge in [-0.1, -0.05) is 28.6 Å². The van der Waals surface area contributed by atoms with Crippen molar-refractivity contribution < 1.29 is 27.9 Å². The van der Waals surface area contributed by atoms with Gasteiger partial charge < -0.3 is 19.6 Å². The van der Waals surface area contributed by atoms with Crippen molar-refractivity contribution in [3.05, 3.63) is 42.0 Å². The lowest BCUT2D eigenvalue weighted by Gasteiger charge is -2.15. The smallest absolute Gasteiger partial charge is 0.280 e. The van der Waals surface area contributed by atoms with Crippen LogP contribution >= 0.6 is 11.3 Å². The molecule has 37 heavy (non-hydrogen) atoms. The summed E-state index contributed by atoms with van der Waals surface area (Å²) in [6, 6.07) is 9.63. The van der Waals surface area contributed by atoms with E-state index >= 15 is 0 Å². The highest BCUT2D eigenvalue weighted by atomic mass is 32.2. The van der Waals surface area contributed by atoms with Gasteiger partial charge in [-0.2, -0.15) is 0 Å². The van der Waals surface area contributed by atoms with Gasteiger partial charge in [0.05, 0.1) is 23.4 Å². The third-order valence-corrected chi connectivity index (χ3v) is 8.81. The highest BCUT2D eigenvalue weighted by Gasteiger charge is 2.36. The monoisotopic (exact) mass is 547 g/mol. The SMILES string of the molecule is COC[C@@H](C)O/N=C(/C(=O)Nc1nc2ccc(N(C)CCO)nc2s1)c1ccc(S(=O)(=O)C2CC2)cc1. The van der Waals surface area contributed by atoms with E-state index in [1.807, 2.05) is 11.9 Å². The summed E-state index contributed by atoms with van der Waals surface area (Å²) in [6.45, 7) is 2.45. The highest BCUT2D eigenvalue weighted by Crippen LogP contribution is 2.33. The van der Waals surface area contributed by atoms with E-state index in [4.69, 9.17) is 14.7 Å². The fourth-order valence-electron chi connectivity index (χ4n) is 3.50. The standard InChI is InChI=1S/C24H29N5O6S2/c1-15(14-34-3)35-28-21(16-4-6-17(7-5-16)37(32,33)18-8-9-18)22(31)27-24-25-19-10-11-20(26-23(19)36-24)29(2)12-13-30/h4-7,10-11,15,18,30H,8-9,12-14H2,1-3H3,(H,25,27,31)/b28-21+/t15-/m1/s1. The molecule has 0 saturated heterocycles. The summed E-state index contributed by atoms with van der Waals surface area (Å²) in [5, 5.41) is 16.0. The molecule has 11 nitrogen and oxygen atoms in total. The molecule has 0 aliphatic heterocycles. The predicted octanol–water partition coefficient (Wildman–Crippen LogP) is 2.45. The number of pyridine rings is 1. The zero-order valence-corrected chi connectivity index (χ0v) is 22.4. The van der Waals surface area contributed by atoms with Gasteiger partial charge in [0.15, 0.2) is 20.7 Å². The first-order chi connectivity index (χ1) is 17.7. The Hall–Kier alpha value is -3.13. The van der Waals surface area contributed by atoms with Gasteiger partial charge in [0.1, 0.15) is 22.3 Å². The minimum Gasteiger partial charge on any atom is -0.395 e. The number of benzene rings is 1. The normalized spacial score (nSPS) is 15.0. The van der Waals surface area contributed by atoms with E-state index in [1.54, 1.807) is 31.2 Å². The Morgan fingerprint density at radius 1 is 1.24 bits per heavy atom. The van der Waals surface area contributed by atoms with Crippen LogP contribution < -0.4 is 10.2 Å². The molecule has 3 aromatic rings. The van der Waals surface area contributed by atoms with Crippen molar-refractivity contribution in [2.24, 2.45) is 5.16 Å². The Morgan fingerprint density at radius 3 is 2.62 bits per heavy atom. The summed E-state index contributed by atoms with van der Waals surface area (Å²) in [6.07, 6.45) is 0.921. The average molecular weight is 548 g/mol. The van der Waals surface area contributed by atoms with Gasteiger partial charge in [0.25, 0.3) is 5.91 Å². The Balaban J connectivity index is 1.58. The number of sulfone groups is 1. The van der Waals surface area contributed by atoms with Crippen LogP contribution in [0.3, 0.4) is 0 Å². The van der Waals surface area contributed by atoms with Gasteiger partial charge in [-0.3, -0.25) is 10.1 Å². The van der Waals surface area contributed by atoms with Gasteiger partial charge in [-0.05, 0) is 44.0 Å². The Kier molecular flexibility index (Phi) is 8.37. The van der Waals surface area contributed by atoms with Gasteiger partial charge in [0.2, 0.25) is 0 Å². The van der Waals surface area contributed by atoms with E-state index < -0.39 is 21.8 Å². The Morgan fingerprint density at radius 2 is 1.97 bits per heavy atom. The number of amides is 1. The van der Waals surface area contributed by atoms with Crippen molar-refractivity contribution >= 4 is 54.1 Å². The molecule has 198 valence electrons. The third-order valence-electron chi connectivity index (χ3n) is 5.65. The molecule has 1 aliphatic carbocycles. The third kappa shape index (κ3) is 6.42.